The number of fused-ring (bicyclic) bond motifs is 1. The molecule has 0 bridgehead atoms. The number of carbonyl (C=O) groups is 4. The van der Waals surface area contributed by atoms with E-state index in [2.05, 4.69) is 25.9 Å². The number of likely N-dealkylation sites (N-methyl/N-ethyl adjacent to an activating group) is 1. The van der Waals surface area contributed by atoms with Crippen LogP contribution in [-0.2, 0) is 9.59 Å². The number of amides is 4. The number of anilines is 1. The lowest BCUT2D eigenvalue weighted by atomic mass is 9.79. The number of nitrogens with zero attached hydrogens (tertiary/aromatic N) is 6. The highest BCUT2D eigenvalue weighted by atomic mass is 19.4. The molecule has 5 aliphatic rings. The highest BCUT2D eigenvalue weighted by Crippen LogP contribution is 2.52. The Labute approximate surface area is 319 Å². The molecule has 4 amide bonds. The number of aromatic nitrogens is 3. The molecule has 0 radical (unpaired) electrons. The molecule has 1 spiro atoms. The van der Waals surface area contributed by atoms with Gasteiger partial charge in [-0.25, -0.2) is 9.02 Å². The van der Waals surface area contributed by atoms with Crippen LogP contribution >= 0.6 is 0 Å². The van der Waals surface area contributed by atoms with E-state index in [1.54, 1.807) is 30.0 Å². The molecule has 1 aromatic carbocycles. The molecule has 2 saturated carbocycles. The van der Waals surface area contributed by atoms with Crippen LogP contribution in [0.4, 0.5) is 23.2 Å². The minimum absolute atomic E-state index is 0.0612. The predicted octanol–water partition coefficient (Wildman–Crippen LogP) is 4.29. The third kappa shape index (κ3) is 7.42. The number of carbonyl (C=O) groups excluding carboxylic acids is 4. The summed E-state index contributed by atoms with van der Waals surface area (Å²) >= 11 is 0. The molecule has 3 aromatic rings. The fraction of sp³-hybridized carbons (Fsp3) is 0.553. The molecule has 14 nitrogen and oxygen atoms in total. The Hall–Kier alpha value is -5.13. The minimum atomic E-state index is -4.64. The molecule has 2 N–H and O–H groups in total. The summed E-state index contributed by atoms with van der Waals surface area (Å²) in [5.74, 6) is -2.73. The van der Waals surface area contributed by atoms with E-state index in [-0.39, 0.29) is 90.1 Å². The molecular weight excluding hydrogens is 740 g/mol. The molecule has 56 heavy (non-hydrogen) atoms. The number of pyridine rings is 1. The van der Waals surface area contributed by atoms with Gasteiger partial charge in [-0.05, 0) is 80.8 Å². The zero-order valence-electron chi connectivity index (χ0n) is 30.9. The SMILES string of the molecule is Cc1nonc1C(=O)N[C@H](C(=O)Nc1cc2c(cc1F)C(N1C[C@@H](C(F)(F)F)N(C)CC1=O)CC1(CCN(C(=O)c3ccccn3)CC1)O2)C(C1CC1)C1CC1. The van der Waals surface area contributed by atoms with Crippen molar-refractivity contribution in [3.8, 4) is 5.75 Å². The summed E-state index contributed by atoms with van der Waals surface area (Å²) in [7, 11) is 1.24. The number of alkyl halides is 3. The van der Waals surface area contributed by atoms with Gasteiger partial charge in [-0.3, -0.25) is 29.1 Å². The first-order valence-corrected chi connectivity index (χ1v) is 18.9. The second-order valence-electron chi connectivity index (χ2n) is 15.8. The van der Waals surface area contributed by atoms with Crippen molar-refractivity contribution in [3.05, 3.63) is 65.0 Å². The summed E-state index contributed by atoms with van der Waals surface area (Å²) in [5.41, 5.74) is -0.695. The van der Waals surface area contributed by atoms with Crippen molar-refractivity contribution in [2.75, 3.05) is 38.5 Å². The van der Waals surface area contributed by atoms with Crippen LogP contribution in [-0.4, -0.2) is 111 Å². The van der Waals surface area contributed by atoms with E-state index in [1.807, 2.05) is 0 Å². The van der Waals surface area contributed by atoms with Crippen molar-refractivity contribution < 1.29 is 46.1 Å². The Bertz CT molecular complexity index is 2000. The van der Waals surface area contributed by atoms with Crippen molar-refractivity contribution in [3.63, 3.8) is 0 Å². The standard InChI is InChI=1S/C38H42F4N8O6/c1-20-32(47-56-46-20)34(52)45-33(31(21-6-7-21)22-8-9-22)35(53)44-26-16-28-23(15-24(26)39)27(50-18-29(38(40,41)42)48(2)19-30(50)51)17-37(55-28)10-13-49(14-11-37)36(54)25-5-3-4-12-43-25/h3-5,12,15-16,21-22,27,29,31,33H,6-11,13-14,17-19H2,1-2H3,(H,44,53)(H,45,52)/t27?,29-,33-/m0/s1. The van der Waals surface area contributed by atoms with Gasteiger partial charge in [0.05, 0.1) is 18.3 Å². The lowest BCUT2D eigenvalue weighted by Gasteiger charge is -2.51. The van der Waals surface area contributed by atoms with Gasteiger partial charge in [0, 0.05) is 56.7 Å². The van der Waals surface area contributed by atoms with Gasteiger partial charge in [0.25, 0.3) is 11.8 Å². The number of ether oxygens (including phenoxy) is 1. The summed E-state index contributed by atoms with van der Waals surface area (Å²) in [6.07, 6.45) is 1.03. The summed E-state index contributed by atoms with van der Waals surface area (Å²) in [4.78, 5) is 62.1. The maximum atomic E-state index is 16.3. The van der Waals surface area contributed by atoms with E-state index in [0.29, 0.717) is 0 Å². The van der Waals surface area contributed by atoms with Crippen LogP contribution in [0.5, 0.6) is 5.75 Å². The molecule has 3 aliphatic heterocycles. The largest absolute Gasteiger partial charge is 0.487 e. The number of likely N-dealkylation sites (tertiary alicyclic amines) is 1. The second kappa shape index (κ2) is 14.4. The number of hydrogen-bond acceptors (Lipinski definition) is 10. The lowest BCUT2D eigenvalue weighted by Crippen LogP contribution is -2.62. The molecule has 2 aromatic heterocycles. The Morgan fingerprint density at radius 1 is 1.04 bits per heavy atom. The van der Waals surface area contributed by atoms with E-state index >= 15 is 4.39 Å². The van der Waals surface area contributed by atoms with Gasteiger partial charge in [0.15, 0.2) is 5.69 Å². The fourth-order valence-electron chi connectivity index (χ4n) is 8.69. The third-order valence-electron chi connectivity index (χ3n) is 12.0. The average molecular weight is 783 g/mol. The number of nitrogens with one attached hydrogen (secondary N) is 2. The van der Waals surface area contributed by atoms with Crippen LogP contribution in [0.2, 0.25) is 0 Å². The molecule has 4 fully saturated rings. The number of benzene rings is 1. The van der Waals surface area contributed by atoms with Crippen LogP contribution in [0.3, 0.4) is 0 Å². The number of piperazine rings is 1. The van der Waals surface area contributed by atoms with Gasteiger partial charge in [-0.2, -0.15) is 13.2 Å². The van der Waals surface area contributed by atoms with Gasteiger partial charge < -0.3 is 25.2 Å². The normalized spacial score (nSPS) is 23.1. The van der Waals surface area contributed by atoms with Gasteiger partial charge in [0.1, 0.15) is 40.6 Å². The van der Waals surface area contributed by atoms with Crippen molar-refractivity contribution in [2.24, 2.45) is 17.8 Å². The van der Waals surface area contributed by atoms with E-state index in [1.165, 1.54) is 19.3 Å². The molecule has 8 rings (SSSR count). The molecule has 2 aliphatic carbocycles. The Morgan fingerprint density at radius 3 is 2.36 bits per heavy atom. The van der Waals surface area contributed by atoms with Crippen LogP contribution in [0.15, 0.2) is 41.2 Å². The maximum Gasteiger partial charge on any atom is 0.405 e. The summed E-state index contributed by atoms with van der Waals surface area (Å²) in [6.45, 7) is 0.844. The minimum Gasteiger partial charge on any atom is -0.487 e. The Kier molecular flexibility index (Phi) is 9.73. The van der Waals surface area contributed by atoms with Gasteiger partial charge in [-0.1, -0.05) is 11.2 Å². The molecular formula is C38H42F4N8O6. The topological polar surface area (TPSA) is 163 Å². The maximum absolute atomic E-state index is 16.3. The van der Waals surface area contributed by atoms with Crippen LogP contribution in [0, 0.1) is 30.5 Å². The number of rotatable bonds is 9. The zero-order chi connectivity index (χ0) is 39.5. The zero-order valence-corrected chi connectivity index (χ0v) is 30.9. The highest BCUT2D eigenvalue weighted by molar-refractivity contribution is 6.01. The van der Waals surface area contributed by atoms with Crippen LogP contribution in [0.1, 0.15) is 83.2 Å². The Balaban J connectivity index is 1.10. The lowest BCUT2D eigenvalue weighted by molar-refractivity contribution is -0.199. The first-order valence-electron chi connectivity index (χ1n) is 18.9. The van der Waals surface area contributed by atoms with E-state index in [9.17, 15) is 32.3 Å². The number of aryl methyl sites for hydroxylation is 1. The van der Waals surface area contributed by atoms with Gasteiger partial charge in [0.2, 0.25) is 11.8 Å². The Morgan fingerprint density at radius 2 is 1.75 bits per heavy atom. The number of piperidine rings is 1. The second-order valence-corrected chi connectivity index (χ2v) is 15.8. The molecule has 18 heteroatoms. The molecule has 298 valence electrons. The van der Waals surface area contributed by atoms with Crippen molar-refractivity contribution >= 4 is 29.3 Å². The molecule has 5 heterocycles. The van der Waals surface area contributed by atoms with Crippen molar-refractivity contribution in [1.29, 1.82) is 0 Å². The molecule has 2 saturated heterocycles. The average Bonchev–Trinajstić information content (AvgIpc) is 4.11. The van der Waals surface area contributed by atoms with E-state index in [0.717, 1.165) is 41.5 Å². The summed E-state index contributed by atoms with van der Waals surface area (Å²) in [5, 5.41) is 12.8. The predicted molar refractivity (Wildman–Crippen MR) is 189 cm³/mol. The number of hydrogen-bond donors (Lipinski definition) is 2. The highest BCUT2D eigenvalue weighted by Gasteiger charge is 2.53. The monoisotopic (exact) mass is 782 g/mol. The smallest absolute Gasteiger partial charge is 0.405 e. The van der Waals surface area contributed by atoms with Crippen molar-refractivity contribution in [2.45, 2.75) is 81.8 Å². The molecule has 3 atom stereocenters. The quantitative estimate of drug-likeness (QED) is 0.300. The van der Waals surface area contributed by atoms with Crippen molar-refractivity contribution in [1.82, 2.24) is 35.3 Å². The van der Waals surface area contributed by atoms with Gasteiger partial charge >= 0.3 is 6.18 Å². The molecule has 1 unspecified atom stereocenters. The fourth-order valence-corrected chi connectivity index (χ4v) is 8.69. The summed E-state index contributed by atoms with van der Waals surface area (Å²) < 4.78 is 70.3. The van der Waals surface area contributed by atoms with Gasteiger partial charge in [-0.15, -0.1) is 0 Å². The van der Waals surface area contributed by atoms with E-state index in [4.69, 9.17) is 9.37 Å². The van der Waals surface area contributed by atoms with Crippen LogP contribution < -0.4 is 15.4 Å². The third-order valence-corrected chi connectivity index (χ3v) is 12.0. The van der Waals surface area contributed by atoms with Crippen LogP contribution in [0.25, 0.3) is 0 Å². The number of halogens is 4. The summed E-state index contributed by atoms with van der Waals surface area (Å²) in [6, 6.07) is 3.43. The van der Waals surface area contributed by atoms with E-state index < -0.39 is 66.5 Å². The first kappa shape index (κ1) is 37.8. The first-order chi connectivity index (χ1) is 26.7.